The van der Waals surface area contributed by atoms with E-state index in [2.05, 4.69) is 4.90 Å². The maximum absolute atomic E-state index is 8.74. The molecule has 1 aliphatic rings. The summed E-state index contributed by atoms with van der Waals surface area (Å²) < 4.78 is 0. The Balaban J connectivity index is 2.15. The zero-order chi connectivity index (χ0) is 12.3. The Labute approximate surface area is 106 Å². The molecule has 3 heteroatoms. The lowest BCUT2D eigenvalue weighted by atomic mass is 10.1. The fourth-order valence-electron chi connectivity index (χ4n) is 2.82. The van der Waals surface area contributed by atoms with Gasteiger partial charge in [0.05, 0.1) is 0 Å². The molecule has 0 atom stereocenters. The van der Waals surface area contributed by atoms with Crippen molar-refractivity contribution in [3.8, 4) is 0 Å². The first kappa shape index (κ1) is 14.9. The van der Waals surface area contributed by atoms with Crippen LogP contribution in [-0.4, -0.2) is 42.3 Å². The summed E-state index contributed by atoms with van der Waals surface area (Å²) in [5, 5.41) is 8.74. The van der Waals surface area contributed by atoms with Crippen LogP contribution in [0.5, 0.6) is 0 Å². The average Bonchev–Trinajstić information content (AvgIpc) is 2.86. The average molecular weight is 242 g/mol. The minimum atomic E-state index is 0.347. The molecule has 0 radical (unpaired) electrons. The van der Waals surface area contributed by atoms with Gasteiger partial charge in [0.2, 0.25) is 0 Å². The van der Waals surface area contributed by atoms with Crippen molar-refractivity contribution in [2.75, 3.05) is 26.2 Å². The summed E-state index contributed by atoms with van der Waals surface area (Å²) in [6, 6.07) is 0.833. The molecule has 17 heavy (non-hydrogen) atoms. The Morgan fingerprint density at radius 1 is 0.941 bits per heavy atom. The molecular weight excluding hydrogens is 212 g/mol. The molecule has 3 nitrogen and oxygen atoms in total. The number of nitrogens with zero attached hydrogens (tertiary/aromatic N) is 1. The van der Waals surface area contributed by atoms with Crippen LogP contribution in [-0.2, 0) is 0 Å². The van der Waals surface area contributed by atoms with Gasteiger partial charge < -0.3 is 15.7 Å². The standard InChI is InChI=1S/C14H30N2O/c15-10-7-12-16(14-8-3-4-9-14)11-5-1-2-6-13-17/h14,17H,1-13,15H2. The lowest BCUT2D eigenvalue weighted by molar-refractivity contribution is 0.192. The predicted octanol–water partition coefficient (Wildman–Crippen LogP) is 2.13. The van der Waals surface area contributed by atoms with E-state index < -0.39 is 0 Å². The quantitative estimate of drug-likeness (QED) is 0.577. The first-order chi connectivity index (χ1) is 8.38. The van der Waals surface area contributed by atoms with Crippen molar-refractivity contribution in [1.82, 2.24) is 4.90 Å². The number of hydrogen-bond donors (Lipinski definition) is 2. The van der Waals surface area contributed by atoms with Crippen molar-refractivity contribution in [3.05, 3.63) is 0 Å². The van der Waals surface area contributed by atoms with E-state index in [1.165, 1.54) is 58.0 Å². The monoisotopic (exact) mass is 242 g/mol. The lowest BCUT2D eigenvalue weighted by Gasteiger charge is -2.28. The van der Waals surface area contributed by atoms with Crippen LogP contribution in [0, 0.1) is 0 Å². The topological polar surface area (TPSA) is 49.5 Å². The number of aliphatic hydroxyl groups is 1. The second-order valence-corrected chi connectivity index (χ2v) is 5.25. The largest absolute Gasteiger partial charge is 0.396 e. The fourth-order valence-corrected chi connectivity index (χ4v) is 2.82. The number of unbranched alkanes of at least 4 members (excludes halogenated alkanes) is 3. The summed E-state index contributed by atoms with van der Waals surface area (Å²) in [4.78, 5) is 2.67. The molecule has 0 unspecified atom stereocenters. The van der Waals surface area contributed by atoms with Gasteiger partial charge in [-0.3, -0.25) is 0 Å². The zero-order valence-electron chi connectivity index (χ0n) is 11.2. The molecule has 102 valence electrons. The summed E-state index contributed by atoms with van der Waals surface area (Å²) in [6.07, 6.45) is 11.4. The molecule has 1 saturated carbocycles. The van der Waals surface area contributed by atoms with Crippen LogP contribution in [0.2, 0.25) is 0 Å². The van der Waals surface area contributed by atoms with E-state index in [-0.39, 0.29) is 0 Å². The Hall–Kier alpha value is -0.120. The molecule has 1 rings (SSSR count). The van der Waals surface area contributed by atoms with Crippen LogP contribution in [0.1, 0.15) is 57.8 Å². The van der Waals surface area contributed by atoms with Crippen LogP contribution in [0.4, 0.5) is 0 Å². The molecule has 3 N–H and O–H groups in total. The van der Waals surface area contributed by atoms with E-state index in [0.717, 1.165) is 25.4 Å². The molecule has 0 spiro atoms. The molecule has 0 aromatic rings. The van der Waals surface area contributed by atoms with Crippen LogP contribution >= 0.6 is 0 Å². The highest BCUT2D eigenvalue weighted by atomic mass is 16.2. The number of hydrogen-bond acceptors (Lipinski definition) is 3. The summed E-state index contributed by atoms with van der Waals surface area (Å²) in [7, 11) is 0. The van der Waals surface area contributed by atoms with Crippen molar-refractivity contribution >= 4 is 0 Å². The molecule has 0 bridgehead atoms. The summed E-state index contributed by atoms with van der Waals surface area (Å²) in [5.41, 5.74) is 5.62. The van der Waals surface area contributed by atoms with Gasteiger partial charge in [-0.1, -0.05) is 25.7 Å². The van der Waals surface area contributed by atoms with Gasteiger partial charge in [-0.25, -0.2) is 0 Å². The molecule has 1 fully saturated rings. The minimum Gasteiger partial charge on any atom is -0.396 e. The van der Waals surface area contributed by atoms with Crippen molar-refractivity contribution in [2.45, 2.75) is 63.8 Å². The first-order valence-electron chi connectivity index (χ1n) is 7.43. The van der Waals surface area contributed by atoms with Gasteiger partial charge in [0.25, 0.3) is 0 Å². The van der Waals surface area contributed by atoms with Gasteiger partial charge >= 0.3 is 0 Å². The predicted molar refractivity (Wildman–Crippen MR) is 73.1 cm³/mol. The molecule has 0 amide bonds. The van der Waals surface area contributed by atoms with E-state index >= 15 is 0 Å². The Morgan fingerprint density at radius 3 is 2.24 bits per heavy atom. The third-order valence-corrected chi connectivity index (χ3v) is 3.84. The van der Waals surface area contributed by atoms with E-state index in [4.69, 9.17) is 10.8 Å². The summed E-state index contributed by atoms with van der Waals surface area (Å²) >= 11 is 0. The zero-order valence-corrected chi connectivity index (χ0v) is 11.2. The van der Waals surface area contributed by atoms with Crippen molar-refractivity contribution in [1.29, 1.82) is 0 Å². The summed E-state index contributed by atoms with van der Waals surface area (Å²) in [6.45, 7) is 3.57. The second-order valence-electron chi connectivity index (χ2n) is 5.25. The van der Waals surface area contributed by atoms with Crippen LogP contribution in [0.15, 0.2) is 0 Å². The smallest absolute Gasteiger partial charge is 0.0431 e. The number of nitrogens with two attached hydrogens (primary N) is 1. The highest BCUT2D eigenvalue weighted by molar-refractivity contribution is 4.77. The maximum Gasteiger partial charge on any atom is 0.0431 e. The van der Waals surface area contributed by atoms with E-state index in [1.807, 2.05) is 0 Å². The lowest BCUT2D eigenvalue weighted by Crippen LogP contribution is -2.35. The third-order valence-electron chi connectivity index (χ3n) is 3.84. The van der Waals surface area contributed by atoms with Crippen molar-refractivity contribution in [2.24, 2.45) is 5.73 Å². The minimum absolute atomic E-state index is 0.347. The molecule has 0 saturated heterocycles. The van der Waals surface area contributed by atoms with Crippen LogP contribution in [0.25, 0.3) is 0 Å². The van der Waals surface area contributed by atoms with Gasteiger partial charge in [-0.2, -0.15) is 0 Å². The first-order valence-corrected chi connectivity index (χ1v) is 7.43. The summed E-state index contributed by atoms with van der Waals surface area (Å²) in [5.74, 6) is 0. The van der Waals surface area contributed by atoms with E-state index in [1.54, 1.807) is 0 Å². The van der Waals surface area contributed by atoms with Gasteiger partial charge in [0, 0.05) is 12.6 Å². The van der Waals surface area contributed by atoms with E-state index in [9.17, 15) is 0 Å². The molecule has 0 aliphatic heterocycles. The maximum atomic E-state index is 8.74. The number of rotatable bonds is 10. The SMILES string of the molecule is NCCCN(CCCCCCO)C1CCCC1. The fraction of sp³-hybridized carbons (Fsp3) is 1.00. The Morgan fingerprint density at radius 2 is 1.59 bits per heavy atom. The van der Waals surface area contributed by atoms with Crippen LogP contribution in [0.3, 0.4) is 0 Å². The van der Waals surface area contributed by atoms with Gasteiger partial charge in [-0.15, -0.1) is 0 Å². The highest BCUT2D eigenvalue weighted by Gasteiger charge is 2.21. The number of aliphatic hydroxyl groups excluding tert-OH is 1. The molecule has 1 aliphatic carbocycles. The van der Waals surface area contributed by atoms with Crippen molar-refractivity contribution in [3.63, 3.8) is 0 Å². The van der Waals surface area contributed by atoms with Gasteiger partial charge in [0.1, 0.15) is 0 Å². The van der Waals surface area contributed by atoms with Gasteiger partial charge in [0.15, 0.2) is 0 Å². The van der Waals surface area contributed by atoms with Crippen LogP contribution < -0.4 is 5.73 Å². The normalized spacial score (nSPS) is 17.1. The molecule has 0 aromatic carbocycles. The molecule has 0 heterocycles. The second kappa shape index (κ2) is 9.86. The molecule has 0 aromatic heterocycles. The Bertz CT molecular complexity index is 170. The highest BCUT2D eigenvalue weighted by Crippen LogP contribution is 2.24. The van der Waals surface area contributed by atoms with E-state index in [0.29, 0.717) is 6.61 Å². The molecular formula is C14H30N2O. The third kappa shape index (κ3) is 6.39. The Kier molecular flexibility index (Phi) is 8.67. The van der Waals surface area contributed by atoms with Gasteiger partial charge in [-0.05, 0) is 51.7 Å². The van der Waals surface area contributed by atoms with Crippen molar-refractivity contribution < 1.29 is 5.11 Å².